The Morgan fingerprint density at radius 1 is 1.69 bits per heavy atom. The summed E-state index contributed by atoms with van der Waals surface area (Å²) in [7, 11) is 0. The molecule has 0 bridgehead atoms. The first-order valence-electron chi connectivity index (χ1n) is 5.33. The quantitative estimate of drug-likeness (QED) is 0.709. The maximum absolute atomic E-state index is 11.4. The number of carbonyl (C=O) groups excluding carboxylic acids is 1. The fourth-order valence-electron chi connectivity index (χ4n) is 0.828. The Hall–Kier alpha value is -1.35. The molecule has 3 nitrogen and oxygen atoms in total. The predicted octanol–water partition coefficient (Wildman–Crippen LogP) is 1.08. The number of benzene rings is 1. The number of hydrogen-bond donors (Lipinski definition) is 1. The Kier molecular flexibility index (Phi) is 2.19. The number of hydrogen-bond acceptors (Lipinski definition) is 3. The minimum absolute atomic E-state index is 0.0142. The lowest BCUT2D eigenvalue weighted by Gasteiger charge is -2.06. The van der Waals surface area contributed by atoms with Crippen molar-refractivity contribution in [1.82, 2.24) is 0 Å². The lowest BCUT2D eigenvalue weighted by atomic mass is 10.2. The molecule has 0 aliphatic carbocycles. The second-order valence-electron chi connectivity index (χ2n) is 2.65. The molecule has 70 valence electrons. The number of carbonyl (C=O) groups is 1. The second kappa shape index (κ2) is 4.62. The maximum atomic E-state index is 11.4. The lowest BCUT2D eigenvalue weighted by molar-refractivity contribution is -0.146. The molecule has 0 heterocycles. The number of ether oxygens (including phenoxy) is 1. The van der Waals surface area contributed by atoms with Crippen molar-refractivity contribution < 1.29 is 13.7 Å². The fraction of sp³-hybridized carbons (Fsp3) is 0.300. The van der Waals surface area contributed by atoms with E-state index in [0.717, 1.165) is 12.5 Å². The highest BCUT2D eigenvalue weighted by Gasteiger charge is 2.07. The van der Waals surface area contributed by atoms with E-state index in [2.05, 4.69) is 0 Å². The Morgan fingerprint density at radius 3 is 3.00 bits per heavy atom. The topological polar surface area (TPSA) is 52.3 Å². The van der Waals surface area contributed by atoms with Gasteiger partial charge in [0.15, 0.2) is 0 Å². The highest BCUT2D eigenvalue weighted by atomic mass is 16.5. The van der Waals surface area contributed by atoms with Gasteiger partial charge in [0.2, 0.25) is 0 Å². The van der Waals surface area contributed by atoms with Gasteiger partial charge in [-0.1, -0.05) is 30.3 Å². The molecule has 3 heteroatoms. The SMILES string of the molecule is [2H]N([2H])[C@@]([2H])(C)C(=O)OCc1ccccc1. The molecule has 0 radical (unpaired) electrons. The average molecular weight is 182 g/mol. The fourth-order valence-corrected chi connectivity index (χ4v) is 0.828. The molecule has 0 unspecified atom stereocenters. The Bertz CT molecular complexity index is 354. The minimum atomic E-state index is -2.01. The molecule has 0 saturated heterocycles. The molecule has 1 rings (SSSR count). The van der Waals surface area contributed by atoms with Gasteiger partial charge in [-0.25, -0.2) is 0 Å². The van der Waals surface area contributed by atoms with Crippen molar-refractivity contribution in [3.8, 4) is 0 Å². The number of rotatable bonds is 4. The molecule has 0 saturated carbocycles. The van der Waals surface area contributed by atoms with Crippen molar-refractivity contribution in [3.05, 3.63) is 35.9 Å². The number of nitrogens with two attached hydrogens (primary N) is 1. The Labute approximate surface area is 81.8 Å². The Morgan fingerprint density at radius 2 is 2.38 bits per heavy atom. The van der Waals surface area contributed by atoms with Gasteiger partial charge in [-0.3, -0.25) is 4.79 Å². The van der Waals surface area contributed by atoms with Gasteiger partial charge in [-0.2, -0.15) is 0 Å². The third kappa shape index (κ3) is 3.25. The second-order valence-corrected chi connectivity index (χ2v) is 2.65. The van der Waals surface area contributed by atoms with Crippen molar-refractivity contribution in [3.63, 3.8) is 0 Å². The van der Waals surface area contributed by atoms with Crippen molar-refractivity contribution in [2.24, 2.45) is 5.72 Å². The molecule has 1 atom stereocenters. The van der Waals surface area contributed by atoms with Crippen LogP contribution in [0.5, 0.6) is 0 Å². The summed E-state index contributed by atoms with van der Waals surface area (Å²) in [5.74, 6) is -0.915. The van der Waals surface area contributed by atoms with Crippen LogP contribution >= 0.6 is 0 Å². The van der Waals surface area contributed by atoms with Crippen LogP contribution in [0.1, 0.15) is 13.9 Å². The van der Waals surface area contributed by atoms with Crippen molar-refractivity contribution in [1.29, 1.82) is 0 Å². The van der Waals surface area contributed by atoms with Gasteiger partial charge < -0.3 is 10.5 Å². The lowest BCUT2D eigenvalue weighted by Crippen LogP contribution is -2.28. The molecular weight excluding hydrogens is 166 g/mol. The van der Waals surface area contributed by atoms with E-state index in [1.807, 2.05) is 18.2 Å². The predicted molar refractivity (Wildman–Crippen MR) is 49.9 cm³/mol. The van der Waals surface area contributed by atoms with Gasteiger partial charge in [-0.05, 0) is 12.5 Å². The van der Waals surface area contributed by atoms with E-state index < -0.39 is 12.0 Å². The van der Waals surface area contributed by atoms with E-state index >= 15 is 0 Å². The van der Waals surface area contributed by atoms with Crippen LogP contribution in [0.4, 0.5) is 0 Å². The van der Waals surface area contributed by atoms with Crippen LogP contribution in [-0.2, 0) is 16.1 Å². The van der Waals surface area contributed by atoms with Crippen LogP contribution < -0.4 is 5.72 Å². The van der Waals surface area contributed by atoms with Crippen molar-refractivity contribution in [2.45, 2.75) is 19.5 Å². The van der Waals surface area contributed by atoms with Crippen LogP contribution in [0.15, 0.2) is 30.3 Å². The summed E-state index contributed by atoms with van der Waals surface area (Å²) >= 11 is 0. The van der Waals surface area contributed by atoms with E-state index in [1.165, 1.54) is 0 Å². The smallest absolute Gasteiger partial charge is 0.322 e. The van der Waals surface area contributed by atoms with Crippen molar-refractivity contribution in [2.75, 3.05) is 0 Å². The molecular formula is C10H13NO2. The van der Waals surface area contributed by atoms with Gasteiger partial charge in [-0.15, -0.1) is 0 Å². The van der Waals surface area contributed by atoms with Crippen molar-refractivity contribution >= 4 is 5.97 Å². The van der Waals surface area contributed by atoms with E-state index in [1.54, 1.807) is 12.1 Å². The molecule has 2 N–H and O–H groups in total. The van der Waals surface area contributed by atoms with Crippen LogP contribution in [0.2, 0.25) is 2.82 Å². The molecule has 0 aromatic heterocycles. The summed E-state index contributed by atoms with van der Waals surface area (Å²) in [6.07, 6.45) is 0. The van der Waals surface area contributed by atoms with Crippen LogP contribution in [0.25, 0.3) is 0 Å². The van der Waals surface area contributed by atoms with Gasteiger partial charge in [0.25, 0.3) is 0 Å². The standard InChI is InChI=1S/C10H13NO2/c1-8(11)10(12)13-7-9-5-3-2-4-6-9/h2-6,8H,7,11H2,1H3/t8-/m0/s1/i8D/hD2. The van der Waals surface area contributed by atoms with E-state index in [-0.39, 0.29) is 12.3 Å². The molecule has 1 aromatic rings. The van der Waals surface area contributed by atoms with E-state index in [9.17, 15) is 4.79 Å². The summed E-state index contributed by atoms with van der Waals surface area (Å²) < 4.78 is 26.1. The average Bonchev–Trinajstić information content (AvgIpc) is 2.27. The number of esters is 1. The summed E-state index contributed by atoms with van der Waals surface area (Å²) in [4.78, 5) is 11.4. The van der Waals surface area contributed by atoms with Gasteiger partial charge in [0.05, 0.1) is 1.37 Å². The highest BCUT2D eigenvalue weighted by molar-refractivity contribution is 5.74. The monoisotopic (exact) mass is 182 g/mol. The molecule has 13 heavy (non-hydrogen) atoms. The van der Waals surface area contributed by atoms with Crippen LogP contribution in [-0.4, -0.2) is 12.0 Å². The summed E-state index contributed by atoms with van der Waals surface area (Å²) in [6.45, 7) is 1.18. The van der Waals surface area contributed by atoms with E-state index in [0.29, 0.717) is 0 Å². The first-order chi connectivity index (χ1) is 7.44. The van der Waals surface area contributed by atoms with Gasteiger partial charge in [0, 0.05) is 0 Å². The van der Waals surface area contributed by atoms with E-state index in [4.69, 9.17) is 8.93 Å². The van der Waals surface area contributed by atoms with Crippen LogP contribution in [0.3, 0.4) is 0 Å². The molecule has 0 amide bonds. The minimum Gasteiger partial charge on any atom is -0.460 e. The maximum Gasteiger partial charge on any atom is 0.322 e. The third-order valence-electron chi connectivity index (χ3n) is 1.51. The molecule has 0 fully saturated rings. The summed E-state index contributed by atoms with van der Waals surface area (Å²) in [5, 5.41) is 0. The highest BCUT2D eigenvalue weighted by Crippen LogP contribution is 2.00. The molecule has 0 aliphatic rings. The van der Waals surface area contributed by atoms with Gasteiger partial charge in [0.1, 0.15) is 15.4 Å². The largest absolute Gasteiger partial charge is 0.460 e. The first-order valence-corrected chi connectivity index (χ1v) is 3.93. The summed E-state index contributed by atoms with van der Waals surface area (Å²) in [6, 6.07) is 7.03. The van der Waals surface area contributed by atoms with Gasteiger partial charge >= 0.3 is 5.97 Å². The zero-order chi connectivity index (χ0) is 12.2. The Balaban J connectivity index is 2.54. The molecule has 0 aliphatic heterocycles. The zero-order valence-electron chi connectivity index (χ0n) is 10.4. The normalized spacial score (nSPS) is 18.2. The summed E-state index contributed by atoms with van der Waals surface area (Å²) in [5.41, 5.74) is 0.813. The zero-order valence-corrected chi connectivity index (χ0v) is 7.36. The van der Waals surface area contributed by atoms with Crippen LogP contribution in [0, 0.1) is 0 Å². The molecule has 1 aromatic carbocycles. The molecule has 0 spiro atoms. The third-order valence-corrected chi connectivity index (χ3v) is 1.51. The first kappa shape index (κ1) is 6.16.